The summed E-state index contributed by atoms with van der Waals surface area (Å²) >= 11 is 4.20. The number of rotatable bonds is 8. The number of ether oxygens (including phenoxy) is 1. The number of sulfonamides is 1. The van der Waals surface area contributed by atoms with Gasteiger partial charge in [-0.2, -0.15) is 0 Å². The van der Waals surface area contributed by atoms with E-state index in [0.717, 1.165) is 11.3 Å². The van der Waals surface area contributed by atoms with E-state index in [9.17, 15) is 17.2 Å². The van der Waals surface area contributed by atoms with Crippen molar-refractivity contribution in [3.8, 4) is 0 Å². The lowest BCUT2D eigenvalue weighted by atomic mass is 10.5. The van der Waals surface area contributed by atoms with Gasteiger partial charge in [0.25, 0.3) is 6.43 Å². The molecule has 5 nitrogen and oxygen atoms in total. The molecule has 0 aliphatic rings. The zero-order valence-electron chi connectivity index (χ0n) is 9.61. The number of alkyl halides is 2. The molecule has 1 aromatic rings. The first-order chi connectivity index (χ1) is 8.86. The van der Waals surface area contributed by atoms with Crippen molar-refractivity contribution in [2.45, 2.75) is 17.9 Å². The Morgan fingerprint density at radius 1 is 1.53 bits per heavy atom. The van der Waals surface area contributed by atoms with Gasteiger partial charge in [0.15, 0.2) is 0 Å². The van der Waals surface area contributed by atoms with E-state index in [1.165, 1.54) is 6.07 Å². The Bertz CT molecular complexity index is 506. The summed E-state index contributed by atoms with van der Waals surface area (Å²) in [5.41, 5.74) is 0. The number of halogens is 3. The molecule has 0 fully saturated rings. The van der Waals surface area contributed by atoms with E-state index in [4.69, 9.17) is 5.11 Å². The number of hydrogen-bond donors (Lipinski definition) is 2. The minimum atomic E-state index is -3.75. The van der Waals surface area contributed by atoms with Gasteiger partial charge in [0.2, 0.25) is 10.0 Å². The van der Waals surface area contributed by atoms with E-state index in [0.29, 0.717) is 8.66 Å². The van der Waals surface area contributed by atoms with Crippen LogP contribution < -0.4 is 4.72 Å². The van der Waals surface area contributed by atoms with Crippen LogP contribution in [-0.4, -0.2) is 39.7 Å². The molecule has 19 heavy (non-hydrogen) atoms. The van der Waals surface area contributed by atoms with E-state index in [2.05, 4.69) is 25.4 Å². The van der Waals surface area contributed by atoms with E-state index >= 15 is 0 Å². The zero-order valence-corrected chi connectivity index (χ0v) is 12.8. The van der Waals surface area contributed by atoms with Crippen LogP contribution in [0.15, 0.2) is 14.7 Å². The molecule has 0 saturated heterocycles. The number of nitrogens with one attached hydrogen (secondary N) is 1. The summed E-state index contributed by atoms with van der Waals surface area (Å²) in [6, 6.07) is 1.34. The van der Waals surface area contributed by atoms with Gasteiger partial charge < -0.3 is 9.84 Å². The minimum absolute atomic E-state index is 0.00964. The molecule has 0 amide bonds. The summed E-state index contributed by atoms with van der Waals surface area (Å²) in [6.07, 6.45) is -2.57. The standard InChI is InChI=1S/C9H12BrF2NO4S2/c10-9-7(3-6(4-14)18-9)19(15,16)13-1-2-17-5-8(11)12/h3,8,13-14H,1-2,4-5H2. The van der Waals surface area contributed by atoms with Crippen molar-refractivity contribution in [3.05, 3.63) is 14.7 Å². The summed E-state index contributed by atoms with van der Waals surface area (Å²) in [7, 11) is -3.75. The quantitative estimate of drug-likeness (QED) is 0.672. The van der Waals surface area contributed by atoms with Gasteiger partial charge in [-0.1, -0.05) is 0 Å². The van der Waals surface area contributed by atoms with Crippen LogP contribution in [0.4, 0.5) is 8.78 Å². The van der Waals surface area contributed by atoms with Gasteiger partial charge in [-0.3, -0.25) is 0 Å². The molecule has 0 aromatic carbocycles. The van der Waals surface area contributed by atoms with E-state index in [1.54, 1.807) is 0 Å². The average molecular weight is 380 g/mol. The van der Waals surface area contributed by atoms with Crippen molar-refractivity contribution < 1.29 is 27.0 Å². The molecule has 0 bridgehead atoms. The van der Waals surface area contributed by atoms with Crippen molar-refractivity contribution in [3.63, 3.8) is 0 Å². The highest BCUT2D eigenvalue weighted by Crippen LogP contribution is 2.31. The van der Waals surface area contributed by atoms with Gasteiger partial charge in [0.1, 0.15) is 11.5 Å². The van der Waals surface area contributed by atoms with Crippen LogP contribution in [-0.2, 0) is 21.4 Å². The summed E-state index contributed by atoms with van der Waals surface area (Å²) < 4.78 is 54.4. The first-order valence-corrected chi connectivity index (χ1v) is 8.20. The fourth-order valence-electron chi connectivity index (χ4n) is 1.16. The normalized spacial score (nSPS) is 12.3. The fraction of sp³-hybridized carbons (Fsp3) is 0.556. The topological polar surface area (TPSA) is 75.6 Å². The largest absolute Gasteiger partial charge is 0.391 e. The van der Waals surface area contributed by atoms with Crippen LogP contribution in [0.5, 0.6) is 0 Å². The Morgan fingerprint density at radius 2 is 2.21 bits per heavy atom. The Labute approximate surface area is 121 Å². The lowest BCUT2D eigenvalue weighted by Gasteiger charge is -2.06. The van der Waals surface area contributed by atoms with Crippen LogP contribution in [0.1, 0.15) is 4.88 Å². The van der Waals surface area contributed by atoms with Crippen LogP contribution in [0.2, 0.25) is 0 Å². The molecule has 110 valence electrons. The van der Waals surface area contributed by atoms with Crippen molar-refractivity contribution >= 4 is 37.3 Å². The van der Waals surface area contributed by atoms with Crippen LogP contribution in [0, 0.1) is 0 Å². The summed E-state index contributed by atoms with van der Waals surface area (Å²) in [5.74, 6) is 0. The highest BCUT2D eigenvalue weighted by molar-refractivity contribution is 9.11. The number of hydrogen-bond acceptors (Lipinski definition) is 5. The average Bonchev–Trinajstić information content (AvgIpc) is 2.70. The highest BCUT2D eigenvalue weighted by atomic mass is 79.9. The lowest BCUT2D eigenvalue weighted by molar-refractivity contribution is 0.0199. The van der Waals surface area contributed by atoms with Crippen LogP contribution in [0.3, 0.4) is 0 Å². The summed E-state index contributed by atoms with van der Waals surface area (Å²) in [6.45, 7) is -1.22. The maximum atomic E-state index is 11.9. The molecule has 1 heterocycles. The highest BCUT2D eigenvalue weighted by Gasteiger charge is 2.20. The van der Waals surface area contributed by atoms with Crippen molar-refractivity contribution in [1.82, 2.24) is 4.72 Å². The second-order valence-electron chi connectivity index (χ2n) is 3.37. The van der Waals surface area contributed by atoms with Gasteiger partial charge in [-0.05, 0) is 22.0 Å². The zero-order chi connectivity index (χ0) is 14.5. The third-order valence-corrected chi connectivity index (χ3v) is 5.63. The Morgan fingerprint density at radius 3 is 2.74 bits per heavy atom. The molecule has 0 atom stereocenters. The predicted octanol–water partition coefficient (Wildman–Crippen LogP) is 1.56. The number of aliphatic hydroxyl groups excluding tert-OH is 1. The molecule has 0 unspecified atom stereocenters. The molecule has 0 radical (unpaired) electrons. The summed E-state index contributed by atoms with van der Waals surface area (Å²) in [5, 5.41) is 8.92. The maximum absolute atomic E-state index is 11.9. The molecule has 10 heteroatoms. The van der Waals surface area contributed by atoms with Crippen LogP contribution in [0.25, 0.3) is 0 Å². The molecule has 1 rings (SSSR count). The van der Waals surface area contributed by atoms with Crippen molar-refractivity contribution in [1.29, 1.82) is 0 Å². The molecular formula is C9H12BrF2NO4S2. The summed E-state index contributed by atoms with van der Waals surface area (Å²) in [4.78, 5) is 0.511. The molecule has 2 N–H and O–H groups in total. The first kappa shape index (κ1) is 16.9. The molecule has 0 aliphatic carbocycles. The van der Waals surface area contributed by atoms with Gasteiger partial charge in [-0.25, -0.2) is 21.9 Å². The second-order valence-corrected chi connectivity index (χ2v) is 7.56. The van der Waals surface area contributed by atoms with Crippen LogP contribution >= 0.6 is 27.3 Å². The maximum Gasteiger partial charge on any atom is 0.261 e. The fourth-order valence-corrected chi connectivity index (χ4v) is 4.71. The van der Waals surface area contributed by atoms with Gasteiger partial charge >= 0.3 is 0 Å². The Balaban J connectivity index is 2.53. The van der Waals surface area contributed by atoms with Crippen molar-refractivity contribution in [2.24, 2.45) is 0 Å². The molecule has 1 aromatic heterocycles. The van der Waals surface area contributed by atoms with Gasteiger partial charge in [0, 0.05) is 11.4 Å². The molecular weight excluding hydrogens is 368 g/mol. The Hall–Kier alpha value is -0.130. The SMILES string of the molecule is O=S(=O)(NCCOCC(F)F)c1cc(CO)sc1Br. The van der Waals surface area contributed by atoms with E-state index in [1.807, 2.05) is 0 Å². The van der Waals surface area contributed by atoms with Gasteiger partial charge in [0.05, 0.1) is 17.0 Å². The monoisotopic (exact) mass is 379 g/mol. The van der Waals surface area contributed by atoms with E-state index in [-0.39, 0.29) is 24.7 Å². The second kappa shape index (κ2) is 7.60. The third kappa shape index (κ3) is 5.40. The predicted molar refractivity (Wildman–Crippen MR) is 70.0 cm³/mol. The smallest absolute Gasteiger partial charge is 0.261 e. The third-order valence-electron chi connectivity index (χ3n) is 1.93. The first-order valence-electron chi connectivity index (χ1n) is 5.11. The Kier molecular flexibility index (Phi) is 6.77. The molecule has 0 aliphatic heterocycles. The van der Waals surface area contributed by atoms with Crippen molar-refractivity contribution in [2.75, 3.05) is 19.8 Å². The number of thiophene rings is 1. The molecule has 0 saturated carbocycles. The minimum Gasteiger partial charge on any atom is -0.391 e. The lowest BCUT2D eigenvalue weighted by Crippen LogP contribution is -2.28. The van der Waals surface area contributed by atoms with E-state index < -0.39 is 23.1 Å². The molecule has 0 spiro atoms. The number of aliphatic hydroxyl groups is 1. The van der Waals surface area contributed by atoms with Gasteiger partial charge in [-0.15, -0.1) is 11.3 Å².